The van der Waals surface area contributed by atoms with E-state index in [1.807, 2.05) is 0 Å². The van der Waals surface area contributed by atoms with Crippen molar-refractivity contribution < 1.29 is 4.39 Å². The van der Waals surface area contributed by atoms with Crippen molar-refractivity contribution in [1.82, 2.24) is 14.8 Å². The number of pyridine rings is 1. The first kappa shape index (κ1) is 13.1. The number of hydrogen-bond acceptors (Lipinski definition) is 3. The van der Waals surface area contributed by atoms with Crippen LogP contribution in [0.15, 0.2) is 47.4 Å². The fraction of sp³-hybridized carbons (Fsp3) is 0.0667. The summed E-state index contributed by atoms with van der Waals surface area (Å²) in [6, 6.07) is 9.29. The van der Waals surface area contributed by atoms with Gasteiger partial charge in [-0.15, -0.1) is 0 Å². The first-order valence-corrected chi connectivity index (χ1v) is 6.34. The van der Waals surface area contributed by atoms with Crippen LogP contribution in [-0.2, 0) is 7.05 Å². The number of nitrogens with zero attached hydrogens (tertiary/aromatic N) is 2. The molecule has 2 aromatic heterocycles. The lowest BCUT2D eigenvalue weighted by Gasteiger charge is -2.04. The average Bonchev–Trinajstić information content (AvgIpc) is 2.75. The van der Waals surface area contributed by atoms with Gasteiger partial charge in [0.2, 0.25) is 5.56 Å². The van der Waals surface area contributed by atoms with Gasteiger partial charge in [-0.2, -0.15) is 5.10 Å². The van der Waals surface area contributed by atoms with Crippen LogP contribution in [0.3, 0.4) is 0 Å². The Bertz CT molecular complexity index is 866. The van der Waals surface area contributed by atoms with Crippen LogP contribution in [-0.4, -0.2) is 14.8 Å². The van der Waals surface area contributed by atoms with Crippen molar-refractivity contribution in [2.75, 3.05) is 5.73 Å². The molecular weight excluding hydrogens is 271 g/mol. The molecule has 0 aliphatic rings. The smallest absolute Gasteiger partial charge is 0.248 e. The summed E-state index contributed by atoms with van der Waals surface area (Å²) in [5.74, 6) is 0.0588. The molecule has 106 valence electrons. The van der Waals surface area contributed by atoms with E-state index in [9.17, 15) is 9.18 Å². The first-order chi connectivity index (χ1) is 10.1. The van der Waals surface area contributed by atoms with E-state index in [0.29, 0.717) is 28.2 Å². The summed E-state index contributed by atoms with van der Waals surface area (Å²) in [4.78, 5) is 14.0. The third-order valence-corrected chi connectivity index (χ3v) is 3.25. The molecule has 6 heteroatoms. The molecule has 3 aromatic rings. The van der Waals surface area contributed by atoms with Crippen molar-refractivity contribution in [1.29, 1.82) is 0 Å². The molecule has 1 aromatic carbocycles. The van der Waals surface area contributed by atoms with Crippen LogP contribution in [0.4, 0.5) is 10.2 Å². The predicted molar refractivity (Wildman–Crippen MR) is 79.1 cm³/mol. The number of rotatable bonds is 2. The summed E-state index contributed by atoms with van der Waals surface area (Å²) in [5, 5.41) is 4.34. The molecule has 0 saturated carbocycles. The molecule has 0 amide bonds. The molecule has 0 unspecified atom stereocenters. The van der Waals surface area contributed by atoms with Crippen molar-refractivity contribution in [2.45, 2.75) is 0 Å². The lowest BCUT2D eigenvalue weighted by Crippen LogP contribution is -2.02. The standard InChI is InChI=1S/C15H13FN4O/c1-20-15(17)13(9-3-2-4-11(16)7-9)14(19-20)10-5-6-18-12(21)8-10/h2-8H,17H2,1H3,(H,18,21). The van der Waals surface area contributed by atoms with Crippen molar-refractivity contribution in [3.05, 3.63) is 58.8 Å². The van der Waals surface area contributed by atoms with Crippen LogP contribution < -0.4 is 11.3 Å². The highest BCUT2D eigenvalue weighted by atomic mass is 19.1. The predicted octanol–water partition coefficient (Wildman–Crippen LogP) is 2.16. The first-order valence-electron chi connectivity index (χ1n) is 6.34. The van der Waals surface area contributed by atoms with E-state index in [1.54, 1.807) is 25.2 Å². The van der Waals surface area contributed by atoms with E-state index in [2.05, 4.69) is 10.1 Å². The maximum atomic E-state index is 13.5. The lowest BCUT2D eigenvalue weighted by molar-refractivity contribution is 0.628. The highest BCUT2D eigenvalue weighted by molar-refractivity contribution is 5.87. The molecule has 0 spiro atoms. The van der Waals surface area contributed by atoms with E-state index in [-0.39, 0.29) is 11.4 Å². The van der Waals surface area contributed by atoms with Crippen molar-refractivity contribution in [2.24, 2.45) is 7.05 Å². The quantitative estimate of drug-likeness (QED) is 0.757. The zero-order valence-electron chi connectivity index (χ0n) is 11.3. The molecule has 2 heterocycles. The van der Waals surface area contributed by atoms with Gasteiger partial charge in [-0.3, -0.25) is 9.48 Å². The molecule has 3 N–H and O–H groups in total. The van der Waals surface area contributed by atoms with Gasteiger partial charge in [-0.05, 0) is 23.8 Å². The fourth-order valence-corrected chi connectivity index (χ4v) is 2.26. The van der Waals surface area contributed by atoms with Crippen LogP contribution in [0.2, 0.25) is 0 Å². The van der Waals surface area contributed by atoms with Gasteiger partial charge >= 0.3 is 0 Å². The Morgan fingerprint density at radius 1 is 1.24 bits per heavy atom. The number of benzene rings is 1. The minimum absolute atomic E-state index is 0.234. The maximum absolute atomic E-state index is 13.5. The summed E-state index contributed by atoms with van der Waals surface area (Å²) >= 11 is 0. The zero-order valence-corrected chi connectivity index (χ0v) is 11.3. The monoisotopic (exact) mass is 284 g/mol. The van der Waals surface area contributed by atoms with E-state index < -0.39 is 0 Å². The van der Waals surface area contributed by atoms with Crippen LogP contribution in [0, 0.1) is 5.82 Å². The number of nitrogens with one attached hydrogen (secondary N) is 1. The Morgan fingerprint density at radius 3 is 2.76 bits per heavy atom. The van der Waals surface area contributed by atoms with Crippen LogP contribution >= 0.6 is 0 Å². The lowest BCUT2D eigenvalue weighted by atomic mass is 10.0. The van der Waals surface area contributed by atoms with Gasteiger partial charge < -0.3 is 10.7 Å². The number of anilines is 1. The molecule has 0 fully saturated rings. The van der Waals surface area contributed by atoms with Gasteiger partial charge in [0.25, 0.3) is 0 Å². The van der Waals surface area contributed by atoms with Gasteiger partial charge in [0, 0.05) is 24.9 Å². The second-order valence-electron chi connectivity index (χ2n) is 4.68. The van der Waals surface area contributed by atoms with Crippen LogP contribution in [0.5, 0.6) is 0 Å². The van der Waals surface area contributed by atoms with Crippen LogP contribution in [0.25, 0.3) is 22.4 Å². The molecule has 0 bridgehead atoms. The van der Waals surface area contributed by atoms with Gasteiger partial charge in [0.05, 0.1) is 5.56 Å². The van der Waals surface area contributed by atoms with Crippen molar-refractivity contribution in [3.8, 4) is 22.4 Å². The highest BCUT2D eigenvalue weighted by Crippen LogP contribution is 2.35. The minimum Gasteiger partial charge on any atom is -0.383 e. The third-order valence-electron chi connectivity index (χ3n) is 3.25. The van der Waals surface area contributed by atoms with E-state index in [1.165, 1.54) is 29.1 Å². The highest BCUT2D eigenvalue weighted by Gasteiger charge is 2.17. The molecule has 3 rings (SSSR count). The Balaban J connectivity index is 2.28. The summed E-state index contributed by atoms with van der Waals surface area (Å²) < 4.78 is 15.0. The molecule has 0 aliphatic carbocycles. The average molecular weight is 284 g/mol. The van der Waals surface area contributed by atoms with Gasteiger partial charge in [-0.25, -0.2) is 4.39 Å². The van der Waals surface area contributed by atoms with Crippen molar-refractivity contribution >= 4 is 5.82 Å². The fourth-order valence-electron chi connectivity index (χ4n) is 2.26. The molecule has 0 saturated heterocycles. The largest absolute Gasteiger partial charge is 0.383 e. The Hall–Kier alpha value is -2.89. The Morgan fingerprint density at radius 2 is 2.05 bits per heavy atom. The molecule has 0 radical (unpaired) electrons. The topological polar surface area (TPSA) is 76.7 Å². The number of aromatic amines is 1. The normalized spacial score (nSPS) is 10.8. The van der Waals surface area contributed by atoms with Crippen LogP contribution in [0.1, 0.15) is 0 Å². The molecular formula is C15H13FN4O. The van der Waals surface area contributed by atoms with Gasteiger partial charge in [0.1, 0.15) is 17.3 Å². The molecule has 5 nitrogen and oxygen atoms in total. The molecule has 0 aliphatic heterocycles. The number of halogens is 1. The number of hydrogen-bond donors (Lipinski definition) is 2. The Kier molecular flexibility index (Phi) is 3.06. The number of aromatic nitrogens is 3. The third kappa shape index (κ3) is 2.31. The number of H-pyrrole nitrogens is 1. The molecule has 21 heavy (non-hydrogen) atoms. The summed E-state index contributed by atoms with van der Waals surface area (Å²) in [6.45, 7) is 0. The molecule has 0 atom stereocenters. The summed E-state index contributed by atoms with van der Waals surface area (Å²) in [5.41, 5.74) is 8.23. The van der Waals surface area contributed by atoms with E-state index in [0.717, 1.165) is 0 Å². The van der Waals surface area contributed by atoms with Gasteiger partial charge in [-0.1, -0.05) is 12.1 Å². The second-order valence-corrected chi connectivity index (χ2v) is 4.68. The Labute approximate surface area is 119 Å². The second kappa shape index (κ2) is 4.90. The maximum Gasteiger partial charge on any atom is 0.248 e. The van der Waals surface area contributed by atoms with E-state index in [4.69, 9.17) is 5.73 Å². The summed E-state index contributed by atoms with van der Waals surface area (Å²) in [6.07, 6.45) is 1.54. The minimum atomic E-state index is -0.354. The number of nitrogen functional groups attached to an aromatic ring is 1. The number of aryl methyl sites for hydroxylation is 1. The SMILES string of the molecule is Cn1nc(-c2cc[nH]c(=O)c2)c(-c2cccc(F)c2)c1N. The summed E-state index contributed by atoms with van der Waals surface area (Å²) in [7, 11) is 1.70. The van der Waals surface area contributed by atoms with Gasteiger partial charge in [0.15, 0.2) is 0 Å². The van der Waals surface area contributed by atoms with E-state index >= 15 is 0 Å². The zero-order chi connectivity index (χ0) is 15.0. The van der Waals surface area contributed by atoms with Crippen molar-refractivity contribution in [3.63, 3.8) is 0 Å². The number of nitrogens with two attached hydrogens (primary N) is 1.